The van der Waals surface area contributed by atoms with Gasteiger partial charge < -0.3 is 5.32 Å². The lowest BCUT2D eigenvalue weighted by molar-refractivity contribution is 0.871. The van der Waals surface area contributed by atoms with Crippen LogP contribution in [0.1, 0.15) is 5.56 Å². The molecule has 0 amide bonds. The molecule has 0 aromatic carbocycles. The summed E-state index contributed by atoms with van der Waals surface area (Å²) < 4.78 is 0. The van der Waals surface area contributed by atoms with Crippen molar-refractivity contribution in [3.63, 3.8) is 0 Å². The number of allylic oxidation sites excluding steroid dienone is 1. The van der Waals surface area contributed by atoms with E-state index in [0.29, 0.717) is 6.54 Å². The Balaban J connectivity index is 2.42. The number of hydrogen-bond donors (Lipinski definition) is 1. The zero-order valence-electron chi connectivity index (χ0n) is 6.82. The highest BCUT2D eigenvalue weighted by molar-refractivity contribution is 7.07. The Morgan fingerprint density at radius 1 is 1.54 bits per heavy atom. The molecule has 0 unspecified atom stereocenters. The lowest BCUT2D eigenvalue weighted by Gasteiger charge is -1.95. The van der Waals surface area contributed by atoms with Crippen LogP contribution in [0.25, 0.3) is 0 Å². The summed E-state index contributed by atoms with van der Waals surface area (Å²) in [5, 5.41) is 23.7. The molecule has 1 N–H and O–H groups in total. The quantitative estimate of drug-likeness (QED) is 0.737. The largest absolute Gasteiger partial charge is 0.385 e. The molecule has 13 heavy (non-hydrogen) atoms. The summed E-state index contributed by atoms with van der Waals surface area (Å²) >= 11 is 1.62. The maximum atomic E-state index is 8.40. The molecule has 0 saturated carbocycles. The summed E-state index contributed by atoms with van der Waals surface area (Å²) in [5.41, 5.74) is 1.24. The van der Waals surface area contributed by atoms with Gasteiger partial charge in [0.25, 0.3) is 0 Å². The molecule has 1 heterocycles. The maximum Gasteiger partial charge on any atom is 0.145 e. The van der Waals surface area contributed by atoms with Crippen LogP contribution in [-0.4, -0.2) is 0 Å². The molecular formula is C9H7N3S. The summed E-state index contributed by atoms with van der Waals surface area (Å²) in [6.45, 7) is 0.649. The molecule has 0 saturated heterocycles. The highest BCUT2D eigenvalue weighted by Crippen LogP contribution is 2.04. The average Bonchev–Trinajstić information content (AvgIpc) is 2.65. The van der Waals surface area contributed by atoms with E-state index >= 15 is 0 Å². The Bertz CT molecular complexity index is 349. The molecule has 0 bridgehead atoms. The Morgan fingerprint density at radius 3 is 2.85 bits per heavy atom. The number of nitrogens with zero attached hydrogens (tertiary/aromatic N) is 2. The molecule has 0 aliphatic rings. The van der Waals surface area contributed by atoms with E-state index in [2.05, 4.69) is 5.32 Å². The first-order valence-corrected chi connectivity index (χ1v) is 4.56. The van der Waals surface area contributed by atoms with Crippen molar-refractivity contribution < 1.29 is 0 Å². The second-order valence-electron chi connectivity index (χ2n) is 2.29. The van der Waals surface area contributed by atoms with Crippen molar-refractivity contribution in [3.05, 3.63) is 34.2 Å². The second-order valence-corrected chi connectivity index (χ2v) is 3.07. The average molecular weight is 189 g/mol. The lowest BCUT2D eigenvalue weighted by Crippen LogP contribution is -2.04. The summed E-state index contributed by atoms with van der Waals surface area (Å²) in [4.78, 5) is 0. The molecule has 1 aromatic rings. The highest BCUT2D eigenvalue weighted by atomic mass is 32.1. The van der Waals surface area contributed by atoms with E-state index < -0.39 is 0 Å². The van der Waals surface area contributed by atoms with E-state index in [9.17, 15) is 0 Å². The minimum Gasteiger partial charge on any atom is -0.385 e. The van der Waals surface area contributed by atoms with Gasteiger partial charge in [-0.2, -0.15) is 21.9 Å². The molecular weight excluding hydrogens is 182 g/mol. The molecule has 0 atom stereocenters. The van der Waals surface area contributed by atoms with Crippen LogP contribution in [0.4, 0.5) is 0 Å². The van der Waals surface area contributed by atoms with Crippen LogP contribution in [0.3, 0.4) is 0 Å². The minimum absolute atomic E-state index is 0.0928. The van der Waals surface area contributed by atoms with Crippen LogP contribution < -0.4 is 5.32 Å². The molecule has 64 valence electrons. The van der Waals surface area contributed by atoms with Gasteiger partial charge >= 0.3 is 0 Å². The van der Waals surface area contributed by atoms with Crippen LogP contribution in [0, 0.1) is 22.7 Å². The van der Waals surface area contributed by atoms with Crippen molar-refractivity contribution in [1.29, 1.82) is 10.5 Å². The molecule has 1 rings (SSSR count). The molecule has 1 aromatic heterocycles. The van der Waals surface area contributed by atoms with Gasteiger partial charge in [-0.3, -0.25) is 0 Å². The first-order valence-electron chi connectivity index (χ1n) is 3.61. The molecule has 0 aliphatic carbocycles. The van der Waals surface area contributed by atoms with Crippen LogP contribution >= 0.6 is 11.3 Å². The number of nitrogens with one attached hydrogen (secondary N) is 1. The minimum atomic E-state index is 0.0928. The standard InChI is InChI=1S/C9H7N3S/c10-3-9(4-11)6-12-5-8-1-2-13-7-8/h1-2,6-7,12H,5H2. The normalized spacial score (nSPS) is 8.15. The number of thiophene rings is 1. The first-order chi connectivity index (χ1) is 6.36. The van der Waals surface area contributed by atoms with E-state index in [-0.39, 0.29) is 5.57 Å². The second kappa shape index (κ2) is 4.97. The zero-order valence-corrected chi connectivity index (χ0v) is 7.64. The third-order valence-electron chi connectivity index (χ3n) is 1.37. The van der Waals surface area contributed by atoms with Gasteiger partial charge in [-0.25, -0.2) is 0 Å². The fourth-order valence-corrected chi connectivity index (χ4v) is 1.42. The Labute approximate surface area is 80.5 Å². The van der Waals surface area contributed by atoms with Crippen molar-refractivity contribution in [2.45, 2.75) is 6.54 Å². The fourth-order valence-electron chi connectivity index (χ4n) is 0.754. The van der Waals surface area contributed by atoms with Gasteiger partial charge in [0.2, 0.25) is 0 Å². The van der Waals surface area contributed by atoms with Crippen molar-refractivity contribution in [2.24, 2.45) is 0 Å². The zero-order chi connectivity index (χ0) is 9.52. The van der Waals surface area contributed by atoms with E-state index in [1.807, 2.05) is 16.8 Å². The molecule has 4 heteroatoms. The van der Waals surface area contributed by atoms with Crippen molar-refractivity contribution >= 4 is 11.3 Å². The topological polar surface area (TPSA) is 59.6 Å². The number of rotatable bonds is 3. The van der Waals surface area contributed by atoms with E-state index in [1.165, 1.54) is 6.20 Å². The highest BCUT2D eigenvalue weighted by Gasteiger charge is 1.91. The predicted molar refractivity (Wildman–Crippen MR) is 50.5 cm³/mol. The van der Waals surface area contributed by atoms with E-state index in [4.69, 9.17) is 10.5 Å². The summed E-state index contributed by atoms with van der Waals surface area (Å²) in [6, 6.07) is 5.53. The molecule has 0 radical (unpaired) electrons. The van der Waals surface area contributed by atoms with E-state index in [1.54, 1.807) is 23.5 Å². The fraction of sp³-hybridized carbons (Fsp3) is 0.111. The van der Waals surface area contributed by atoms with Crippen molar-refractivity contribution in [1.82, 2.24) is 5.32 Å². The van der Waals surface area contributed by atoms with Crippen LogP contribution in [0.2, 0.25) is 0 Å². The monoisotopic (exact) mass is 189 g/mol. The summed E-state index contributed by atoms with van der Waals surface area (Å²) in [5.74, 6) is 0. The maximum absolute atomic E-state index is 8.40. The van der Waals surface area contributed by atoms with Gasteiger partial charge in [0.1, 0.15) is 17.7 Å². The smallest absolute Gasteiger partial charge is 0.145 e. The molecule has 0 fully saturated rings. The van der Waals surface area contributed by atoms with Crippen LogP contribution in [-0.2, 0) is 6.54 Å². The predicted octanol–water partition coefficient (Wildman–Crippen LogP) is 1.77. The SMILES string of the molecule is N#CC(C#N)=CNCc1ccsc1. The third kappa shape index (κ3) is 2.98. The van der Waals surface area contributed by atoms with E-state index in [0.717, 1.165) is 5.56 Å². The third-order valence-corrected chi connectivity index (χ3v) is 2.11. The van der Waals surface area contributed by atoms with Crippen LogP contribution in [0.5, 0.6) is 0 Å². The first kappa shape index (κ1) is 9.31. The van der Waals surface area contributed by atoms with Crippen LogP contribution in [0.15, 0.2) is 28.6 Å². The van der Waals surface area contributed by atoms with Gasteiger partial charge in [0, 0.05) is 12.7 Å². The summed E-state index contributed by atoms with van der Waals surface area (Å²) in [6.07, 6.45) is 1.43. The van der Waals surface area contributed by atoms with Gasteiger partial charge in [-0.1, -0.05) is 0 Å². The lowest BCUT2D eigenvalue weighted by atomic mass is 10.3. The molecule has 0 spiro atoms. The van der Waals surface area contributed by atoms with Gasteiger partial charge in [-0.15, -0.1) is 0 Å². The summed E-state index contributed by atoms with van der Waals surface area (Å²) in [7, 11) is 0. The van der Waals surface area contributed by atoms with Gasteiger partial charge in [0.15, 0.2) is 0 Å². The Hall–Kier alpha value is -1.78. The molecule has 3 nitrogen and oxygen atoms in total. The van der Waals surface area contributed by atoms with Gasteiger partial charge in [-0.05, 0) is 22.4 Å². The number of hydrogen-bond acceptors (Lipinski definition) is 4. The number of nitriles is 2. The van der Waals surface area contributed by atoms with Crippen molar-refractivity contribution in [2.75, 3.05) is 0 Å². The Morgan fingerprint density at radius 2 is 2.31 bits per heavy atom. The van der Waals surface area contributed by atoms with Gasteiger partial charge in [0.05, 0.1) is 0 Å². The molecule has 0 aliphatic heterocycles. The van der Waals surface area contributed by atoms with Crippen molar-refractivity contribution in [3.8, 4) is 12.1 Å². The Kier molecular flexibility index (Phi) is 3.56.